The highest BCUT2D eigenvalue weighted by Crippen LogP contribution is 2.50. The summed E-state index contributed by atoms with van der Waals surface area (Å²) in [5.74, 6) is 0.584. The Morgan fingerprint density at radius 2 is 1.09 bits per heavy atom. The summed E-state index contributed by atoms with van der Waals surface area (Å²) in [6.07, 6.45) is 19.4. The highest BCUT2D eigenvalue weighted by atomic mass is 32.1. The first-order valence-electron chi connectivity index (χ1n) is 18.9. The third-order valence-electron chi connectivity index (χ3n) is 9.73. The van der Waals surface area contributed by atoms with E-state index in [0.29, 0.717) is 5.92 Å². The second kappa shape index (κ2) is 17.0. The molecule has 0 aliphatic carbocycles. The molecule has 0 saturated heterocycles. The highest BCUT2D eigenvalue weighted by Gasteiger charge is 2.23. The van der Waals surface area contributed by atoms with E-state index in [1.807, 2.05) is 11.3 Å². The van der Waals surface area contributed by atoms with Crippen molar-refractivity contribution < 1.29 is 0 Å². The van der Waals surface area contributed by atoms with Crippen LogP contribution in [0, 0.1) is 0 Å². The van der Waals surface area contributed by atoms with Crippen LogP contribution in [0.2, 0.25) is 0 Å². The number of thiophene rings is 4. The van der Waals surface area contributed by atoms with Crippen molar-refractivity contribution in [2.24, 2.45) is 0 Å². The van der Waals surface area contributed by atoms with E-state index in [4.69, 9.17) is 0 Å². The number of hydrogen-bond acceptors (Lipinski definition) is 4. The molecule has 0 amide bonds. The van der Waals surface area contributed by atoms with Crippen LogP contribution in [0.1, 0.15) is 165 Å². The lowest BCUT2D eigenvalue weighted by Gasteiger charge is -2.15. The molecule has 5 rings (SSSR count). The monoisotopic (exact) mass is 704 g/mol. The average molecular weight is 705 g/mol. The lowest BCUT2D eigenvalue weighted by Crippen LogP contribution is -2.07. The van der Waals surface area contributed by atoms with E-state index >= 15 is 0 Å². The van der Waals surface area contributed by atoms with Crippen LogP contribution in [-0.4, -0.2) is 0 Å². The van der Waals surface area contributed by atoms with Crippen molar-refractivity contribution in [3.8, 4) is 19.5 Å². The van der Waals surface area contributed by atoms with Gasteiger partial charge in [-0.1, -0.05) is 113 Å². The van der Waals surface area contributed by atoms with E-state index in [9.17, 15) is 0 Å². The van der Waals surface area contributed by atoms with Crippen molar-refractivity contribution in [3.05, 3.63) is 56.8 Å². The lowest BCUT2D eigenvalue weighted by atomic mass is 9.94. The summed E-state index contributed by atoms with van der Waals surface area (Å²) in [6.45, 7) is 18.8. The summed E-state index contributed by atoms with van der Waals surface area (Å²) in [6, 6.07) is 12.6. The van der Waals surface area contributed by atoms with E-state index in [2.05, 4.69) is 120 Å². The van der Waals surface area contributed by atoms with Gasteiger partial charge in [-0.3, -0.25) is 0 Å². The molecular weight excluding hydrogens is 645 g/mol. The van der Waals surface area contributed by atoms with Crippen LogP contribution in [0.5, 0.6) is 0 Å². The van der Waals surface area contributed by atoms with Crippen molar-refractivity contribution in [2.45, 2.75) is 163 Å². The predicted molar refractivity (Wildman–Crippen MR) is 220 cm³/mol. The van der Waals surface area contributed by atoms with Crippen LogP contribution in [0.25, 0.3) is 39.7 Å². The van der Waals surface area contributed by atoms with Gasteiger partial charge >= 0.3 is 0 Å². The van der Waals surface area contributed by atoms with Gasteiger partial charge in [0.1, 0.15) is 0 Å². The minimum Gasteiger partial charge on any atom is -0.139 e. The van der Waals surface area contributed by atoms with Crippen LogP contribution >= 0.6 is 45.3 Å². The molecule has 0 nitrogen and oxygen atoms in total. The van der Waals surface area contributed by atoms with Gasteiger partial charge in [0.2, 0.25) is 0 Å². The second-order valence-electron chi connectivity index (χ2n) is 15.2. The fourth-order valence-electron chi connectivity index (χ4n) is 6.85. The molecule has 4 heterocycles. The van der Waals surface area contributed by atoms with E-state index in [0.717, 1.165) is 0 Å². The average Bonchev–Trinajstić information content (AvgIpc) is 3.84. The fourth-order valence-corrected chi connectivity index (χ4v) is 11.9. The first-order chi connectivity index (χ1) is 22.7. The minimum atomic E-state index is 0.194. The maximum atomic E-state index is 2.65. The molecule has 0 aliphatic heterocycles. The maximum absolute atomic E-state index is 2.65. The molecule has 0 bridgehead atoms. The first kappa shape index (κ1) is 36.8. The molecule has 0 fully saturated rings. The number of fused-ring (bicyclic) bond motifs is 2. The Bertz CT molecular complexity index is 1640. The summed E-state index contributed by atoms with van der Waals surface area (Å²) in [7, 11) is 0. The van der Waals surface area contributed by atoms with Crippen molar-refractivity contribution in [1.82, 2.24) is 0 Å². The van der Waals surface area contributed by atoms with Crippen LogP contribution in [0.3, 0.4) is 0 Å². The Labute approximate surface area is 303 Å². The first-order valence-corrected chi connectivity index (χ1v) is 22.2. The fraction of sp³-hybridized carbons (Fsp3) is 0.581. The van der Waals surface area contributed by atoms with Gasteiger partial charge in [0.15, 0.2) is 0 Å². The third-order valence-corrected chi connectivity index (χ3v) is 15.5. The Morgan fingerprint density at radius 1 is 0.553 bits per heavy atom. The van der Waals surface area contributed by atoms with Gasteiger partial charge in [-0.2, -0.15) is 0 Å². The third kappa shape index (κ3) is 8.83. The number of rotatable bonds is 18. The van der Waals surface area contributed by atoms with Crippen LogP contribution in [-0.2, 0) is 24.7 Å². The molecule has 47 heavy (non-hydrogen) atoms. The molecule has 0 radical (unpaired) electrons. The van der Waals surface area contributed by atoms with Crippen LogP contribution < -0.4 is 0 Å². The quantitative estimate of drug-likeness (QED) is 0.0797. The van der Waals surface area contributed by atoms with E-state index in [1.165, 1.54) is 116 Å². The largest absolute Gasteiger partial charge is 0.139 e. The summed E-state index contributed by atoms with van der Waals surface area (Å²) in [5, 5.41) is 3.14. The van der Waals surface area contributed by atoms with E-state index in [1.54, 1.807) is 46.6 Å². The number of benzene rings is 1. The molecule has 0 N–H and O–H groups in total. The smallest absolute Gasteiger partial charge is 0.0478 e. The summed E-state index contributed by atoms with van der Waals surface area (Å²) >= 11 is 8.30. The number of hydrogen-bond donors (Lipinski definition) is 0. The molecule has 1 aromatic carbocycles. The van der Waals surface area contributed by atoms with E-state index in [-0.39, 0.29) is 5.41 Å². The summed E-state index contributed by atoms with van der Waals surface area (Å²) < 4.78 is 3.18. The molecule has 5 aromatic rings. The molecular formula is C43H60S4. The molecule has 0 aliphatic rings. The SMILES string of the molecule is CCCCCCc1cc(C(C)C)sc1-c1cc2c(CCCCCC)c3sc(-c4ccc(C(C)(C)C)s4)cc3c(CCCCCC)c2s1. The molecule has 0 spiro atoms. The zero-order valence-electron chi connectivity index (χ0n) is 30.7. The Hall–Kier alpha value is -1.46. The molecule has 0 saturated carbocycles. The zero-order chi connectivity index (χ0) is 33.6. The van der Waals surface area contributed by atoms with Crippen LogP contribution in [0.15, 0.2) is 30.3 Å². The highest BCUT2D eigenvalue weighted by molar-refractivity contribution is 7.28. The van der Waals surface area contributed by atoms with Crippen molar-refractivity contribution in [2.75, 3.05) is 0 Å². The van der Waals surface area contributed by atoms with Crippen molar-refractivity contribution >= 4 is 65.5 Å². The van der Waals surface area contributed by atoms with Crippen LogP contribution in [0.4, 0.5) is 0 Å². The summed E-state index contributed by atoms with van der Waals surface area (Å²) in [5.41, 5.74) is 5.08. The molecule has 4 aromatic heterocycles. The predicted octanol–water partition coefficient (Wildman–Crippen LogP) is 16.4. The number of unbranched alkanes of at least 4 members (excludes halogenated alkanes) is 9. The molecule has 0 unspecified atom stereocenters. The van der Waals surface area contributed by atoms with E-state index < -0.39 is 0 Å². The zero-order valence-corrected chi connectivity index (χ0v) is 34.0. The minimum absolute atomic E-state index is 0.194. The number of aryl methyl sites for hydroxylation is 3. The van der Waals surface area contributed by atoms with Gasteiger partial charge in [0, 0.05) is 38.7 Å². The normalized spacial score (nSPS) is 12.4. The van der Waals surface area contributed by atoms with Gasteiger partial charge in [-0.05, 0) is 108 Å². The Morgan fingerprint density at radius 3 is 1.60 bits per heavy atom. The molecule has 0 atom stereocenters. The van der Waals surface area contributed by atoms with Crippen molar-refractivity contribution in [1.29, 1.82) is 0 Å². The topological polar surface area (TPSA) is 0 Å². The van der Waals surface area contributed by atoms with Gasteiger partial charge in [-0.15, -0.1) is 45.3 Å². The standard InChI is InChI=1S/C43H60S4/c1-9-12-15-18-21-30-26-36(29(4)5)45-40(30)38-28-34-32(23-20-17-14-11-3)41-33(31(42(34)47-38)22-19-16-13-10-2)27-37(46-41)35-24-25-39(44-35)43(6,7)8/h24-29H,9-23H2,1-8H3. The lowest BCUT2D eigenvalue weighted by molar-refractivity contribution is 0.604. The molecule has 4 heteroatoms. The maximum Gasteiger partial charge on any atom is 0.0478 e. The Balaban J connectivity index is 1.67. The second-order valence-corrected chi connectivity index (χ2v) is 19.4. The molecule has 256 valence electrons. The Kier molecular flexibility index (Phi) is 13.3. The van der Waals surface area contributed by atoms with Gasteiger partial charge < -0.3 is 0 Å². The van der Waals surface area contributed by atoms with Gasteiger partial charge in [0.25, 0.3) is 0 Å². The van der Waals surface area contributed by atoms with Gasteiger partial charge in [0.05, 0.1) is 0 Å². The van der Waals surface area contributed by atoms with Gasteiger partial charge in [-0.25, -0.2) is 0 Å². The van der Waals surface area contributed by atoms with Crippen molar-refractivity contribution in [3.63, 3.8) is 0 Å². The summed E-state index contributed by atoms with van der Waals surface area (Å²) in [4.78, 5) is 9.05.